The molecule has 0 bridgehead atoms. The number of anilines is 1. The van der Waals surface area contributed by atoms with Crippen molar-refractivity contribution >= 4 is 11.8 Å². The van der Waals surface area contributed by atoms with Gasteiger partial charge in [-0.05, 0) is 12.8 Å². The first kappa shape index (κ1) is 13.7. The summed E-state index contributed by atoms with van der Waals surface area (Å²) in [6, 6.07) is 0.258. The van der Waals surface area contributed by atoms with Crippen LogP contribution in [0.25, 0.3) is 0 Å². The van der Waals surface area contributed by atoms with Crippen molar-refractivity contribution in [3.8, 4) is 0 Å². The number of carbonyl (C=O) groups is 1. The van der Waals surface area contributed by atoms with E-state index in [4.69, 9.17) is 0 Å². The highest BCUT2D eigenvalue weighted by molar-refractivity contribution is 5.92. The minimum atomic E-state index is -1.03. The van der Waals surface area contributed by atoms with E-state index in [0.29, 0.717) is 12.4 Å². The van der Waals surface area contributed by atoms with Crippen LogP contribution in [-0.4, -0.2) is 45.3 Å². The molecule has 1 aliphatic rings. The molecule has 0 radical (unpaired) electrons. The molecule has 0 atom stereocenters. The van der Waals surface area contributed by atoms with Crippen molar-refractivity contribution in [1.82, 2.24) is 9.97 Å². The zero-order chi connectivity index (χ0) is 13.7. The van der Waals surface area contributed by atoms with E-state index in [-0.39, 0.29) is 18.2 Å². The van der Waals surface area contributed by atoms with Crippen molar-refractivity contribution < 1.29 is 15.0 Å². The van der Waals surface area contributed by atoms with Gasteiger partial charge < -0.3 is 15.1 Å². The summed E-state index contributed by atoms with van der Waals surface area (Å²) in [6.45, 7) is 0.390. The van der Waals surface area contributed by atoms with Crippen LogP contribution in [0.2, 0.25) is 0 Å². The molecule has 104 valence electrons. The normalized spacial score (nSPS) is 16.3. The first-order valence-corrected chi connectivity index (χ1v) is 6.65. The van der Waals surface area contributed by atoms with Crippen LogP contribution in [0.1, 0.15) is 42.5 Å². The molecule has 2 N–H and O–H groups in total. The molecule has 1 heterocycles. The average molecular weight is 265 g/mol. The quantitative estimate of drug-likeness (QED) is 0.834. The van der Waals surface area contributed by atoms with E-state index in [9.17, 15) is 15.0 Å². The fourth-order valence-electron chi connectivity index (χ4n) is 2.66. The molecule has 6 heteroatoms. The van der Waals surface area contributed by atoms with E-state index in [1.807, 2.05) is 4.90 Å². The van der Waals surface area contributed by atoms with E-state index in [0.717, 1.165) is 25.7 Å². The summed E-state index contributed by atoms with van der Waals surface area (Å²) in [4.78, 5) is 21.1. The predicted molar refractivity (Wildman–Crippen MR) is 70.3 cm³/mol. The van der Waals surface area contributed by atoms with Crippen LogP contribution < -0.4 is 4.90 Å². The highest BCUT2D eigenvalue weighted by atomic mass is 16.4. The van der Waals surface area contributed by atoms with Gasteiger partial charge in [0.15, 0.2) is 0 Å². The molecule has 0 unspecified atom stereocenters. The monoisotopic (exact) mass is 265 g/mol. The van der Waals surface area contributed by atoms with Gasteiger partial charge in [0.1, 0.15) is 17.7 Å². The van der Waals surface area contributed by atoms with Crippen molar-refractivity contribution in [2.24, 2.45) is 0 Å². The molecule has 0 aromatic carbocycles. The Bertz CT molecular complexity index is 433. The van der Waals surface area contributed by atoms with Crippen LogP contribution >= 0.6 is 0 Å². The lowest BCUT2D eigenvalue weighted by Crippen LogP contribution is -2.40. The molecule has 1 aliphatic carbocycles. The first-order chi connectivity index (χ1) is 9.24. The second-order valence-electron chi connectivity index (χ2n) is 4.77. The average Bonchev–Trinajstić information content (AvgIpc) is 2.45. The lowest BCUT2D eigenvalue weighted by molar-refractivity contribution is 0.0696. The summed E-state index contributed by atoms with van der Waals surface area (Å²) < 4.78 is 0. The van der Waals surface area contributed by atoms with E-state index >= 15 is 0 Å². The summed E-state index contributed by atoms with van der Waals surface area (Å²) in [7, 11) is 0. The van der Waals surface area contributed by atoms with Gasteiger partial charge in [-0.1, -0.05) is 19.3 Å². The summed E-state index contributed by atoms with van der Waals surface area (Å²) in [6.07, 6.45) is 8.21. The maximum atomic E-state index is 11.2. The number of carboxylic acid groups (broad SMARTS) is 1. The summed E-state index contributed by atoms with van der Waals surface area (Å²) >= 11 is 0. The zero-order valence-corrected chi connectivity index (χ0v) is 10.8. The molecule has 2 rings (SSSR count). The fourth-order valence-corrected chi connectivity index (χ4v) is 2.66. The number of rotatable bonds is 5. The Labute approximate surface area is 112 Å². The summed E-state index contributed by atoms with van der Waals surface area (Å²) in [5.74, 6) is -0.613. The molecular weight excluding hydrogens is 246 g/mol. The number of hydrogen-bond donors (Lipinski definition) is 2. The van der Waals surface area contributed by atoms with Gasteiger partial charge in [-0.3, -0.25) is 0 Å². The number of nitrogens with zero attached hydrogens (tertiary/aromatic N) is 3. The number of aliphatic hydroxyl groups is 1. The molecule has 19 heavy (non-hydrogen) atoms. The van der Waals surface area contributed by atoms with Crippen molar-refractivity contribution in [3.05, 3.63) is 18.1 Å². The van der Waals surface area contributed by atoms with E-state index in [2.05, 4.69) is 9.97 Å². The van der Waals surface area contributed by atoms with Crippen molar-refractivity contribution in [1.29, 1.82) is 0 Å². The van der Waals surface area contributed by atoms with Gasteiger partial charge in [-0.25, -0.2) is 14.8 Å². The molecule has 0 aliphatic heterocycles. The Morgan fingerprint density at radius 1 is 1.37 bits per heavy atom. The van der Waals surface area contributed by atoms with Crippen LogP contribution in [0.3, 0.4) is 0 Å². The Morgan fingerprint density at radius 3 is 2.74 bits per heavy atom. The van der Waals surface area contributed by atoms with Gasteiger partial charge in [0, 0.05) is 18.8 Å². The summed E-state index contributed by atoms with van der Waals surface area (Å²) in [5.41, 5.74) is 0.0986. The smallest absolute Gasteiger partial charge is 0.341 e. The first-order valence-electron chi connectivity index (χ1n) is 6.65. The summed E-state index contributed by atoms with van der Waals surface area (Å²) in [5, 5.41) is 18.4. The zero-order valence-electron chi connectivity index (χ0n) is 10.8. The SMILES string of the molecule is O=C(O)c1cncnc1N(CCO)C1CCCCC1. The lowest BCUT2D eigenvalue weighted by Gasteiger charge is -2.35. The minimum Gasteiger partial charge on any atom is -0.477 e. The van der Waals surface area contributed by atoms with Crippen molar-refractivity contribution in [2.75, 3.05) is 18.1 Å². The molecule has 1 aromatic heterocycles. The Kier molecular flexibility index (Phi) is 4.68. The highest BCUT2D eigenvalue weighted by Gasteiger charge is 2.25. The predicted octanol–water partition coefficient (Wildman–Crippen LogP) is 1.31. The Balaban J connectivity index is 2.29. The molecule has 0 amide bonds. The maximum absolute atomic E-state index is 11.2. The van der Waals surface area contributed by atoms with Crippen molar-refractivity contribution in [2.45, 2.75) is 38.1 Å². The van der Waals surface area contributed by atoms with Crippen LogP contribution in [0.5, 0.6) is 0 Å². The van der Waals surface area contributed by atoms with Crippen LogP contribution in [0, 0.1) is 0 Å². The van der Waals surface area contributed by atoms with Crippen LogP contribution in [0.15, 0.2) is 12.5 Å². The number of carboxylic acids is 1. The third-order valence-electron chi connectivity index (χ3n) is 3.55. The molecular formula is C13H19N3O3. The number of aromatic nitrogens is 2. The van der Waals surface area contributed by atoms with Gasteiger partial charge in [-0.15, -0.1) is 0 Å². The molecule has 1 fully saturated rings. The largest absolute Gasteiger partial charge is 0.477 e. The van der Waals surface area contributed by atoms with Gasteiger partial charge in [0.05, 0.1) is 6.61 Å². The standard InChI is InChI=1S/C13H19N3O3/c17-7-6-16(10-4-2-1-3-5-10)12-11(13(18)19)8-14-9-15-12/h8-10,17H,1-7H2,(H,18,19). The van der Waals surface area contributed by atoms with E-state index in [1.54, 1.807) is 0 Å². The Morgan fingerprint density at radius 2 is 2.11 bits per heavy atom. The second kappa shape index (κ2) is 6.47. The molecule has 1 saturated carbocycles. The lowest BCUT2D eigenvalue weighted by atomic mass is 9.94. The third kappa shape index (κ3) is 3.20. The second-order valence-corrected chi connectivity index (χ2v) is 4.77. The topological polar surface area (TPSA) is 86.5 Å². The highest BCUT2D eigenvalue weighted by Crippen LogP contribution is 2.27. The number of aromatic carboxylic acids is 1. The molecule has 1 aromatic rings. The maximum Gasteiger partial charge on any atom is 0.341 e. The van der Waals surface area contributed by atoms with Crippen LogP contribution in [-0.2, 0) is 0 Å². The fraction of sp³-hybridized carbons (Fsp3) is 0.615. The van der Waals surface area contributed by atoms with E-state index in [1.165, 1.54) is 18.9 Å². The number of aliphatic hydroxyl groups excluding tert-OH is 1. The third-order valence-corrected chi connectivity index (χ3v) is 3.55. The van der Waals surface area contributed by atoms with Gasteiger partial charge >= 0.3 is 5.97 Å². The molecule has 0 saturated heterocycles. The van der Waals surface area contributed by atoms with Crippen LogP contribution in [0.4, 0.5) is 5.82 Å². The van der Waals surface area contributed by atoms with Gasteiger partial charge in [-0.2, -0.15) is 0 Å². The molecule has 0 spiro atoms. The van der Waals surface area contributed by atoms with E-state index < -0.39 is 5.97 Å². The van der Waals surface area contributed by atoms with Gasteiger partial charge in [0.2, 0.25) is 0 Å². The molecule has 6 nitrogen and oxygen atoms in total. The minimum absolute atomic E-state index is 0.0143. The van der Waals surface area contributed by atoms with Crippen molar-refractivity contribution in [3.63, 3.8) is 0 Å². The Hall–Kier alpha value is -1.69. The number of hydrogen-bond acceptors (Lipinski definition) is 5. The van der Waals surface area contributed by atoms with Gasteiger partial charge in [0.25, 0.3) is 0 Å².